The molecule has 6 rings (SSSR count). The first kappa shape index (κ1) is 22.2. The highest BCUT2D eigenvalue weighted by molar-refractivity contribution is 8.00. The highest BCUT2D eigenvalue weighted by Gasteiger charge is 2.56. The van der Waals surface area contributed by atoms with E-state index in [9.17, 15) is 14.0 Å². The van der Waals surface area contributed by atoms with Crippen molar-refractivity contribution in [3.05, 3.63) is 47.5 Å². The molecule has 2 amide bonds. The van der Waals surface area contributed by atoms with E-state index in [0.717, 1.165) is 18.0 Å². The Kier molecular flexibility index (Phi) is 5.53. The molecule has 0 spiro atoms. The van der Waals surface area contributed by atoms with Gasteiger partial charge in [-0.3, -0.25) is 14.6 Å². The van der Waals surface area contributed by atoms with Crippen LogP contribution in [-0.4, -0.2) is 70.2 Å². The maximum absolute atomic E-state index is 14.6. The first-order valence-electron chi connectivity index (χ1n) is 11.4. The van der Waals surface area contributed by atoms with E-state index in [4.69, 9.17) is 4.74 Å². The van der Waals surface area contributed by atoms with Crippen molar-refractivity contribution >= 4 is 40.4 Å². The third-order valence-electron chi connectivity index (χ3n) is 6.90. The topological polar surface area (TPSA) is 109 Å². The van der Waals surface area contributed by atoms with E-state index in [0.29, 0.717) is 64.5 Å². The van der Waals surface area contributed by atoms with Crippen molar-refractivity contribution in [2.45, 2.75) is 17.4 Å². The number of amides is 2. The van der Waals surface area contributed by atoms with Gasteiger partial charge in [-0.05, 0) is 36.5 Å². The number of methoxy groups -OCH3 is 1. The van der Waals surface area contributed by atoms with Crippen molar-refractivity contribution < 1.29 is 18.7 Å². The van der Waals surface area contributed by atoms with Crippen LogP contribution < -0.4 is 15.4 Å². The molecule has 1 aliphatic carbocycles. The number of carbonyl (C=O) groups is 2. The van der Waals surface area contributed by atoms with Crippen molar-refractivity contribution in [3.63, 3.8) is 0 Å². The molecular weight excluding hydrogens is 471 g/mol. The van der Waals surface area contributed by atoms with Crippen molar-refractivity contribution in [2.75, 3.05) is 37.8 Å². The summed E-state index contributed by atoms with van der Waals surface area (Å²) in [6, 6.07) is 7.13. The van der Waals surface area contributed by atoms with Gasteiger partial charge in [-0.25, -0.2) is 14.4 Å². The zero-order valence-corrected chi connectivity index (χ0v) is 19.8. The van der Waals surface area contributed by atoms with Gasteiger partial charge in [0.2, 0.25) is 11.8 Å². The minimum atomic E-state index is -0.361. The summed E-state index contributed by atoms with van der Waals surface area (Å²) < 4.78 is 19.8. The quantitative estimate of drug-likeness (QED) is 0.537. The second-order valence-electron chi connectivity index (χ2n) is 9.02. The van der Waals surface area contributed by atoms with Gasteiger partial charge < -0.3 is 20.3 Å². The molecule has 1 saturated carbocycles. The van der Waals surface area contributed by atoms with Crippen LogP contribution >= 0.6 is 11.8 Å². The summed E-state index contributed by atoms with van der Waals surface area (Å²) >= 11 is 1.41. The molecule has 35 heavy (non-hydrogen) atoms. The molecule has 3 aliphatic rings. The molecule has 3 atom stereocenters. The number of nitrogens with one attached hydrogen (secondary N) is 2. The van der Waals surface area contributed by atoms with E-state index >= 15 is 0 Å². The van der Waals surface area contributed by atoms with Crippen LogP contribution in [0.2, 0.25) is 0 Å². The van der Waals surface area contributed by atoms with Gasteiger partial charge in [-0.2, -0.15) is 0 Å². The summed E-state index contributed by atoms with van der Waals surface area (Å²) in [5, 5.41) is 5.81. The van der Waals surface area contributed by atoms with Gasteiger partial charge in [0.1, 0.15) is 17.3 Å². The zero-order valence-electron chi connectivity index (χ0n) is 19.0. The number of piperidine rings is 1. The van der Waals surface area contributed by atoms with Gasteiger partial charge in [0, 0.05) is 37.3 Å². The third-order valence-corrected chi connectivity index (χ3v) is 7.95. The molecule has 3 aromatic rings. The number of pyridine rings is 3. The van der Waals surface area contributed by atoms with Crippen molar-refractivity contribution in [3.8, 4) is 5.88 Å². The van der Waals surface area contributed by atoms with Crippen LogP contribution in [0.1, 0.15) is 16.1 Å². The molecule has 2 unspecified atom stereocenters. The minimum Gasteiger partial charge on any atom is -0.481 e. The van der Waals surface area contributed by atoms with E-state index in [1.54, 1.807) is 18.2 Å². The predicted octanol–water partition coefficient (Wildman–Crippen LogP) is 2.12. The van der Waals surface area contributed by atoms with Crippen LogP contribution in [0, 0.1) is 17.7 Å². The van der Waals surface area contributed by atoms with Crippen LogP contribution in [0.4, 0.5) is 10.2 Å². The van der Waals surface area contributed by atoms with Gasteiger partial charge in [-0.15, -0.1) is 11.8 Å². The molecule has 2 aliphatic heterocycles. The minimum absolute atomic E-state index is 0.112. The number of carbonyl (C=O) groups excluding carboxylic acids is 2. The van der Waals surface area contributed by atoms with Gasteiger partial charge >= 0.3 is 0 Å². The monoisotopic (exact) mass is 494 g/mol. The lowest BCUT2D eigenvalue weighted by atomic mass is 10.1. The Hall–Kier alpha value is -3.31. The fourth-order valence-corrected chi connectivity index (χ4v) is 5.78. The van der Waals surface area contributed by atoms with E-state index in [2.05, 4.69) is 30.5 Å². The Morgan fingerprint density at radius 2 is 2.09 bits per heavy atom. The van der Waals surface area contributed by atoms with Crippen molar-refractivity contribution in [1.29, 1.82) is 0 Å². The van der Waals surface area contributed by atoms with Crippen molar-refractivity contribution in [1.82, 2.24) is 25.2 Å². The summed E-state index contributed by atoms with van der Waals surface area (Å²) in [6.07, 6.45) is 1.77. The number of thioether (sulfide) groups is 1. The predicted molar refractivity (Wildman–Crippen MR) is 128 cm³/mol. The normalized spacial score (nSPS) is 22.9. The van der Waals surface area contributed by atoms with E-state index in [1.807, 2.05) is 6.07 Å². The summed E-state index contributed by atoms with van der Waals surface area (Å²) in [5.41, 5.74) is 2.02. The molecule has 180 valence electrons. The van der Waals surface area contributed by atoms with Crippen LogP contribution in [-0.2, 0) is 11.2 Å². The van der Waals surface area contributed by atoms with Crippen LogP contribution in [0.25, 0.3) is 11.0 Å². The summed E-state index contributed by atoms with van der Waals surface area (Å²) in [4.78, 5) is 40.4. The standard InChI is InChI=1S/C24H23FN6O3S/c1-34-20-5-3-16-22(29-20)12(15(25)8-26-16)6-7-31-9-13-14(10-31)21(13)30-24(33)17-2-4-18-23(27-17)28-19(32)11-35-18/h2-5,8,13-14,21H,6-7,9-11H2,1H3,(H,30,33)(H,27,28,32)/t13-,14?,21?/m1/s1. The number of ether oxygens (including phenoxy) is 1. The lowest BCUT2D eigenvalue weighted by molar-refractivity contribution is -0.113. The lowest BCUT2D eigenvalue weighted by Crippen LogP contribution is -2.36. The lowest BCUT2D eigenvalue weighted by Gasteiger charge is -2.20. The number of halogens is 1. The summed E-state index contributed by atoms with van der Waals surface area (Å²) in [6.45, 7) is 2.40. The van der Waals surface area contributed by atoms with E-state index in [1.165, 1.54) is 25.1 Å². The number of aromatic nitrogens is 3. The highest BCUT2D eigenvalue weighted by atomic mass is 32.2. The molecule has 2 N–H and O–H groups in total. The van der Waals surface area contributed by atoms with Gasteiger partial charge in [0.25, 0.3) is 5.91 Å². The van der Waals surface area contributed by atoms with Gasteiger partial charge in [0.05, 0.1) is 35.0 Å². The Labute approximate surface area is 204 Å². The van der Waals surface area contributed by atoms with Gasteiger partial charge in [-0.1, -0.05) is 0 Å². The Balaban J connectivity index is 1.05. The molecule has 11 heteroatoms. The molecule has 9 nitrogen and oxygen atoms in total. The molecule has 0 bridgehead atoms. The molecule has 0 aromatic carbocycles. The Morgan fingerprint density at radius 3 is 2.89 bits per heavy atom. The zero-order chi connectivity index (χ0) is 24.1. The Morgan fingerprint density at radius 1 is 1.26 bits per heavy atom. The fraction of sp³-hybridized carbons (Fsp3) is 0.375. The number of anilines is 1. The number of likely N-dealkylation sites (tertiary alicyclic amines) is 1. The second-order valence-corrected chi connectivity index (χ2v) is 10.0. The summed E-state index contributed by atoms with van der Waals surface area (Å²) in [7, 11) is 1.53. The largest absolute Gasteiger partial charge is 0.481 e. The number of nitrogens with zero attached hydrogens (tertiary/aromatic N) is 4. The number of hydrogen-bond acceptors (Lipinski definition) is 8. The van der Waals surface area contributed by atoms with Crippen LogP contribution in [0.15, 0.2) is 35.4 Å². The molecule has 2 fully saturated rings. The van der Waals surface area contributed by atoms with E-state index in [-0.39, 0.29) is 23.7 Å². The van der Waals surface area contributed by atoms with Gasteiger partial charge in [0.15, 0.2) is 0 Å². The summed E-state index contributed by atoms with van der Waals surface area (Å²) in [5.74, 6) is 1.29. The maximum atomic E-state index is 14.6. The molecule has 0 radical (unpaired) electrons. The second kappa shape index (κ2) is 8.72. The molecule has 5 heterocycles. The average Bonchev–Trinajstić information content (AvgIpc) is 3.30. The SMILES string of the molecule is COc1ccc2ncc(F)c(CCN3CC4C(NC(=O)c5ccc6c(n5)NC(=O)CS6)[C@@H]4C3)c2n1. The smallest absolute Gasteiger partial charge is 0.270 e. The highest BCUT2D eigenvalue weighted by Crippen LogP contribution is 2.45. The molecule has 3 aromatic heterocycles. The maximum Gasteiger partial charge on any atom is 0.270 e. The first-order valence-corrected chi connectivity index (χ1v) is 12.4. The van der Waals surface area contributed by atoms with Crippen LogP contribution in [0.3, 0.4) is 0 Å². The molecular formula is C24H23FN6O3S. The fourth-order valence-electron chi connectivity index (χ4n) is 5.02. The average molecular weight is 495 g/mol. The molecule has 1 saturated heterocycles. The van der Waals surface area contributed by atoms with Crippen LogP contribution in [0.5, 0.6) is 5.88 Å². The van der Waals surface area contributed by atoms with E-state index < -0.39 is 0 Å². The first-order chi connectivity index (χ1) is 17.0. The third kappa shape index (κ3) is 4.19. The number of fused-ring (bicyclic) bond motifs is 3. The number of rotatable bonds is 6. The Bertz CT molecular complexity index is 1340. The number of hydrogen-bond donors (Lipinski definition) is 2. The van der Waals surface area contributed by atoms with Crippen molar-refractivity contribution in [2.24, 2.45) is 11.8 Å².